The molecule has 3 N–H and O–H groups in total. The first-order valence-electron chi connectivity index (χ1n) is 13.6. The van der Waals surface area contributed by atoms with Gasteiger partial charge in [0.15, 0.2) is 5.82 Å². The van der Waals surface area contributed by atoms with Gasteiger partial charge in [0.25, 0.3) is 11.1 Å². The number of benzene rings is 1. The average molecular weight is 642 g/mol. The molecule has 0 saturated carbocycles. The molecule has 0 aliphatic carbocycles. The lowest BCUT2D eigenvalue weighted by atomic mass is 9.96. The highest BCUT2D eigenvalue weighted by Crippen LogP contribution is 2.39. The smallest absolute Gasteiger partial charge is 0.386 e. The standard InChI is InChI=1S/C28H26F7N7O3/c1-14(38-20-11-37-40-24(43)21(20)28(33,34)35)4-3-6-41-7-5-15-8-17(19(29)9-16(15)25(41)44)22-36-10-18(27(30,31)32)23(39-22)42-12-26(2,45)13-42/h5,7-11,14,45H,3-4,6,12-13H2,1-2H3,(H2,38,40,43)/t14-/m0/s1. The number of halogens is 7. The van der Waals surface area contributed by atoms with Crippen molar-refractivity contribution < 1.29 is 35.8 Å². The van der Waals surface area contributed by atoms with Crippen LogP contribution in [-0.4, -0.2) is 54.6 Å². The number of aliphatic hydroxyl groups is 1. The number of aromatic amines is 1. The molecule has 17 heteroatoms. The van der Waals surface area contributed by atoms with Gasteiger partial charge < -0.3 is 19.9 Å². The first kappa shape index (κ1) is 31.9. The quantitative estimate of drug-likeness (QED) is 0.239. The molecule has 45 heavy (non-hydrogen) atoms. The molecule has 0 spiro atoms. The van der Waals surface area contributed by atoms with Crippen LogP contribution in [0, 0.1) is 5.82 Å². The Labute approximate surface area is 249 Å². The van der Waals surface area contributed by atoms with Crippen molar-refractivity contribution in [3.63, 3.8) is 0 Å². The minimum Gasteiger partial charge on any atom is -0.386 e. The molecule has 0 amide bonds. The van der Waals surface area contributed by atoms with Crippen LogP contribution in [-0.2, 0) is 18.9 Å². The summed E-state index contributed by atoms with van der Waals surface area (Å²) in [7, 11) is 0. The van der Waals surface area contributed by atoms with Crippen molar-refractivity contribution in [3.8, 4) is 11.4 Å². The molecule has 1 aromatic carbocycles. The highest BCUT2D eigenvalue weighted by Gasteiger charge is 2.43. The lowest BCUT2D eigenvalue weighted by Crippen LogP contribution is -2.60. The molecule has 5 rings (SSSR count). The predicted molar refractivity (Wildman–Crippen MR) is 149 cm³/mol. The van der Waals surface area contributed by atoms with E-state index in [1.165, 1.54) is 34.7 Å². The summed E-state index contributed by atoms with van der Waals surface area (Å²) in [5.41, 5.74) is -6.38. The summed E-state index contributed by atoms with van der Waals surface area (Å²) in [5, 5.41) is 18.1. The number of rotatable bonds is 8. The molecule has 10 nitrogen and oxygen atoms in total. The Morgan fingerprint density at radius 3 is 2.47 bits per heavy atom. The molecule has 0 unspecified atom stereocenters. The number of nitrogens with one attached hydrogen (secondary N) is 2. The zero-order chi connectivity index (χ0) is 32.9. The Morgan fingerprint density at radius 1 is 1.11 bits per heavy atom. The highest BCUT2D eigenvalue weighted by molar-refractivity contribution is 5.86. The van der Waals surface area contributed by atoms with Gasteiger partial charge in [0.1, 0.15) is 22.8 Å². The van der Waals surface area contributed by atoms with E-state index in [1.54, 1.807) is 12.0 Å². The first-order valence-corrected chi connectivity index (χ1v) is 13.6. The van der Waals surface area contributed by atoms with Gasteiger partial charge in [-0.2, -0.15) is 31.4 Å². The largest absolute Gasteiger partial charge is 0.423 e. The molecule has 0 bridgehead atoms. The van der Waals surface area contributed by atoms with Crippen LogP contribution < -0.4 is 21.3 Å². The van der Waals surface area contributed by atoms with Crippen molar-refractivity contribution in [1.82, 2.24) is 24.7 Å². The predicted octanol–water partition coefficient (Wildman–Crippen LogP) is 4.57. The van der Waals surface area contributed by atoms with Gasteiger partial charge in [0, 0.05) is 38.1 Å². The molecular formula is C28H26F7N7O3. The normalized spacial score (nSPS) is 15.6. The topological polar surface area (TPSA) is 129 Å². The third kappa shape index (κ3) is 6.62. The summed E-state index contributed by atoms with van der Waals surface area (Å²) in [6, 6.07) is 3.18. The Kier molecular flexibility index (Phi) is 8.10. The second-order valence-electron chi connectivity index (χ2n) is 11.2. The number of alkyl halides is 6. The minimum atomic E-state index is -4.90. The highest BCUT2D eigenvalue weighted by atomic mass is 19.4. The lowest BCUT2D eigenvalue weighted by Gasteiger charge is -2.45. The molecule has 1 aliphatic heterocycles. The van der Waals surface area contributed by atoms with Crippen molar-refractivity contribution in [2.24, 2.45) is 0 Å². The van der Waals surface area contributed by atoms with Crippen molar-refractivity contribution in [2.75, 3.05) is 23.3 Å². The summed E-state index contributed by atoms with van der Waals surface area (Å²) in [6.07, 6.45) is -6.22. The van der Waals surface area contributed by atoms with Crippen LogP contribution in [0.2, 0.25) is 0 Å². The van der Waals surface area contributed by atoms with Crippen molar-refractivity contribution in [1.29, 1.82) is 0 Å². The van der Waals surface area contributed by atoms with E-state index in [2.05, 4.69) is 20.4 Å². The van der Waals surface area contributed by atoms with Gasteiger partial charge in [-0.3, -0.25) is 9.59 Å². The number of aromatic nitrogens is 5. The fourth-order valence-electron chi connectivity index (χ4n) is 5.22. The molecule has 4 heterocycles. The fourth-order valence-corrected chi connectivity index (χ4v) is 5.22. The van der Waals surface area contributed by atoms with Crippen molar-refractivity contribution >= 4 is 22.3 Å². The van der Waals surface area contributed by atoms with E-state index >= 15 is 4.39 Å². The molecule has 4 aromatic rings. The average Bonchev–Trinajstić information content (AvgIpc) is 2.91. The van der Waals surface area contributed by atoms with Gasteiger partial charge in [-0.05, 0) is 50.3 Å². The van der Waals surface area contributed by atoms with Crippen LogP contribution in [0.4, 0.5) is 42.2 Å². The fraction of sp³-hybridized carbons (Fsp3) is 0.393. The monoisotopic (exact) mass is 641 g/mol. The minimum absolute atomic E-state index is 0.0137. The van der Waals surface area contributed by atoms with Crippen LogP contribution in [0.1, 0.15) is 37.8 Å². The molecule has 1 fully saturated rings. The summed E-state index contributed by atoms with van der Waals surface area (Å²) in [4.78, 5) is 33.7. The molecule has 1 atom stereocenters. The van der Waals surface area contributed by atoms with E-state index in [4.69, 9.17) is 0 Å². The molecule has 240 valence electrons. The lowest BCUT2D eigenvalue weighted by molar-refractivity contribution is -0.138. The SMILES string of the molecule is C[C@@H](CCCn1ccc2cc(-c3ncc(C(F)(F)F)c(N4CC(C)(O)C4)n3)c(F)cc2c1=O)Nc1cn[nH]c(=O)c1C(F)(F)F. The van der Waals surface area contributed by atoms with Gasteiger partial charge >= 0.3 is 12.4 Å². The Bertz CT molecular complexity index is 1860. The van der Waals surface area contributed by atoms with Crippen LogP contribution >= 0.6 is 0 Å². The second kappa shape index (κ2) is 11.4. The second-order valence-corrected chi connectivity index (χ2v) is 11.2. The first-order chi connectivity index (χ1) is 20.9. The number of pyridine rings is 1. The third-order valence-electron chi connectivity index (χ3n) is 7.32. The van der Waals surface area contributed by atoms with E-state index < -0.39 is 63.6 Å². The van der Waals surface area contributed by atoms with E-state index in [1.807, 2.05) is 0 Å². The van der Waals surface area contributed by atoms with Gasteiger partial charge in [0.2, 0.25) is 0 Å². The Hall–Kier alpha value is -4.54. The number of fused-ring (bicyclic) bond motifs is 1. The van der Waals surface area contributed by atoms with Gasteiger partial charge in [-0.15, -0.1) is 0 Å². The Morgan fingerprint density at radius 2 is 1.82 bits per heavy atom. The Balaban J connectivity index is 1.34. The van der Waals surface area contributed by atoms with Crippen LogP contribution in [0.15, 0.2) is 46.4 Å². The number of nitrogens with zero attached hydrogens (tertiary/aromatic N) is 5. The maximum absolute atomic E-state index is 15.3. The van der Waals surface area contributed by atoms with Crippen LogP contribution in [0.5, 0.6) is 0 Å². The van der Waals surface area contributed by atoms with Crippen molar-refractivity contribution in [2.45, 2.75) is 57.2 Å². The maximum atomic E-state index is 15.3. The number of anilines is 2. The maximum Gasteiger partial charge on any atom is 0.423 e. The number of hydrogen-bond donors (Lipinski definition) is 3. The summed E-state index contributed by atoms with van der Waals surface area (Å²) >= 11 is 0. The summed E-state index contributed by atoms with van der Waals surface area (Å²) in [6.45, 7) is 2.97. The third-order valence-corrected chi connectivity index (χ3v) is 7.32. The number of H-pyrrole nitrogens is 1. The number of aryl methyl sites for hydroxylation is 1. The van der Waals surface area contributed by atoms with E-state index in [-0.39, 0.29) is 41.8 Å². The number of β-amino-alcohol motifs (C(OH)–C–C–N with tert-alkyl or cyclic N) is 1. The molecule has 0 radical (unpaired) electrons. The zero-order valence-electron chi connectivity index (χ0n) is 23.7. The van der Waals surface area contributed by atoms with Crippen LogP contribution in [0.3, 0.4) is 0 Å². The van der Waals surface area contributed by atoms with Crippen LogP contribution in [0.25, 0.3) is 22.2 Å². The number of hydrogen-bond acceptors (Lipinski definition) is 8. The van der Waals surface area contributed by atoms with Gasteiger partial charge in [-0.1, -0.05) is 0 Å². The van der Waals surface area contributed by atoms with E-state index in [0.717, 1.165) is 12.3 Å². The summed E-state index contributed by atoms with van der Waals surface area (Å²) < 4.78 is 97.4. The molecule has 1 saturated heterocycles. The van der Waals surface area contributed by atoms with Gasteiger partial charge in [-0.25, -0.2) is 19.5 Å². The zero-order valence-corrected chi connectivity index (χ0v) is 23.7. The summed E-state index contributed by atoms with van der Waals surface area (Å²) in [5.74, 6) is -1.77. The van der Waals surface area contributed by atoms with Gasteiger partial charge in [0.05, 0.1) is 28.4 Å². The van der Waals surface area contributed by atoms with Crippen molar-refractivity contribution in [3.05, 3.63) is 74.4 Å². The molecule has 1 aliphatic rings. The van der Waals surface area contributed by atoms with E-state index in [9.17, 15) is 41.0 Å². The molecular weight excluding hydrogens is 615 g/mol. The molecule has 3 aromatic heterocycles. The van der Waals surface area contributed by atoms with E-state index in [0.29, 0.717) is 19.0 Å².